The summed E-state index contributed by atoms with van der Waals surface area (Å²) in [5.74, 6) is 0.459. The fourth-order valence-electron chi connectivity index (χ4n) is 4.00. The van der Waals surface area contributed by atoms with Gasteiger partial charge in [0.25, 0.3) is 5.56 Å². The monoisotopic (exact) mass is 345 g/mol. The predicted octanol–water partition coefficient (Wildman–Crippen LogP) is 2.44. The molecule has 4 heterocycles. The van der Waals surface area contributed by atoms with Gasteiger partial charge in [-0.25, -0.2) is 9.37 Å². The molecule has 124 valence electrons. The Bertz CT molecular complexity index is 992. The van der Waals surface area contributed by atoms with Gasteiger partial charge in [0, 0.05) is 28.1 Å². The predicted molar refractivity (Wildman–Crippen MR) is 89.8 cm³/mol. The Labute approximate surface area is 140 Å². The Morgan fingerprint density at radius 1 is 1.38 bits per heavy atom. The number of aromatic amines is 2. The van der Waals surface area contributed by atoms with E-state index in [9.17, 15) is 9.18 Å². The SMILES string of the molecule is Cc1[nH]ncc1-c1cc2nc([C@H]3N[C@H]4C[C@@H]3[C@H](F)C4)[nH]c(=O)c2s1. The van der Waals surface area contributed by atoms with Crippen LogP contribution in [0.15, 0.2) is 17.1 Å². The maximum Gasteiger partial charge on any atom is 0.268 e. The second-order valence-corrected chi connectivity index (χ2v) is 7.73. The maximum atomic E-state index is 14.0. The van der Waals surface area contributed by atoms with E-state index in [-0.39, 0.29) is 23.6 Å². The minimum Gasteiger partial charge on any atom is -0.308 e. The Morgan fingerprint density at radius 2 is 2.25 bits per heavy atom. The van der Waals surface area contributed by atoms with Crippen molar-refractivity contribution in [2.24, 2.45) is 5.92 Å². The molecular formula is C16H16FN5OS. The number of nitrogens with zero attached hydrogens (tertiary/aromatic N) is 2. The standard InChI is InChI=1S/C16H16FN5OS/c1-6-9(5-18-22-6)12-4-11-14(24-12)16(23)21-15(20-11)13-8-2-7(19-13)3-10(8)17/h4-5,7-8,10,13,19H,2-3H2,1H3,(H,18,22)(H,20,21,23)/t7-,8+,10+,13-/m0/s1. The number of piperidine rings is 1. The van der Waals surface area contributed by atoms with Gasteiger partial charge in [0.2, 0.25) is 0 Å². The first-order valence-corrected chi connectivity index (χ1v) is 8.86. The molecule has 0 aromatic carbocycles. The lowest BCUT2D eigenvalue weighted by Crippen LogP contribution is -2.36. The van der Waals surface area contributed by atoms with E-state index in [0.717, 1.165) is 22.6 Å². The molecule has 1 aliphatic carbocycles. The van der Waals surface area contributed by atoms with Crippen molar-refractivity contribution >= 4 is 21.6 Å². The van der Waals surface area contributed by atoms with E-state index in [2.05, 4.69) is 25.5 Å². The number of nitrogens with one attached hydrogen (secondary N) is 3. The molecule has 0 unspecified atom stereocenters. The third kappa shape index (κ3) is 1.99. The summed E-state index contributed by atoms with van der Waals surface area (Å²) < 4.78 is 14.6. The summed E-state index contributed by atoms with van der Waals surface area (Å²) >= 11 is 1.40. The van der Waals surface area contributed by atoms with Gasteiger partial charge in [-0.1, -0.05) is 0 Å². The number of aromatic nitrogens is 4. The normalized spacial score (nSPS) is 28.9. The number of H-pyrrole nitrogens is 2. The number of halogens is 1. The van der Waals surface area contributed by atoms with Crippen molar-refractivity contribution in [1.82, 2.24) is 25.5 Å². The van der Waals surface area contributed by atoms with Crippen LogP contribution in [0, 0.1) is 12.8 Å². The fraction of sp³-hybridized carbons (Fsp3) is 0.438. The molecule has 1 aliphatic heterocycles. The van der Waals surface area contributed by atoms with Crippen LogP contribution >= 0.6 is 11.3 Å². The molecule has 3 aromatic rings. The molecule has 0 amide bonds. The van der Waals surface area contributed by atoms with E-state index in [1.807, 2.05) is 13.0 Å². The zero-order chi connectivity index (χ0) is 16.4. The van der Waals surface area contributed by atoms with Crippen LogP contribution in [-0.2, 0) is 0 Å². The van der Waals surface area contributed by atoms with Crippen molar-refractivity contribution in [3.05, 3.63) is 34.1 Å². The Hall–Kier alpha value is -2.06. The Kier molecular flexibility index (Phi) is 2.96. The third-order valence-electron chi connectivity index (χ3n) is 5.17. The lowest BCUT2D eigenvalue weighted by atomic mass is 9.97. The largest absolute Gasteiger partial charge is 0.308 e. The van der Waals surface area contributed by atoms with E-state index in [0.29, 0.717) is 22.5 Å². The van der Waals surface area contributed by atoms with Gasteiger partial charge in [-0.05, 0) is 25.8 Å². The van der Waals surface area contributed by atoms with E-state index in [1.54, 1.807) is 6.20 Å². The van der Waals surface area contributed by atoms with Crippen molar-refractivity contribution in [2.75, 3.05) is 0 Å². The number of hydrogen-bond donors (Lipinski definition) is 3. The highest BCUT2D eigenvalue weighted by atomic mass is 32.1. The second-order valence-electron chi connectivity index (χ2n) is 6.68. The molecule has 0 spiro atoms. The summed E-state index contributed by atoms with van der Waals surface area (Å²) in [4.78, 5) is 20.9. The number of alkyl halides is 1. The van der Waals surface area contributed by atoms with Gasteiger partial charge in [-0.3, -0.25) is 9.89 Å². The van der Waals surface area contributed by atoms with E-state index in [1.165, 1.54) is 11.3 Å². The molecule has 2 fully saturated rings. The van der Waals surface area contributed by atoms with Gasteiger partial charge < -0.3 is 10.3 Å². The van der Waals surface area contributed by atoms with E-state index < -0.39 is 6.17 Å². The summed E-state index contributed by atoms with van der Waals surface area (Å²) in [6.45, 7) is 1.94. The second kappa shape index (κ2) is 4.97. The molecule has 5 rings (SSSR count). The minimum absolute atomic E-state index is 0.0928. The van der Waals surface area contributed by atoms with Crippen molar-refractivity contribution < 1.29 is 4.39 Å². The van der Waals surface area contributed by atoms with Crippen LogP contribution in [-0.4, -0.2) is 32.4 Å². The maximum absolute atomic E-state index is 14.0. The van der Waals surface area contributed by atoms with Gasteiger partial charge >= 0.3 is 0 Å². The van der Waals surface area contributed by atoms with Crippen LogP contribution in [0.4, 0.5) is 4.39 Å². The number of hydrogen-bond acceptors (Lipinski definition) is 5. The smallest absolute Gasteiger partial charge is 0.268 e. The molecule has 24 heavy (non-hydrogen) atoms. The number of rotatable bonds is 2. The van der Waals surface area contributed by atoms with Gasteiger partial charge in [0.1, 0.15) is 16.7 Å². The molecule has 2 bridgehead atoms. The van der Waals surface area contributed by atoms with Crippen molar-refractivity contribution in [3.63, 3.8) is 0 Å². The molecule has 6 nitrogen and oxygen atoms in total. The van der Waals surface area contributed by atoms with Crippen LogP contribution in [0.5, 0.6) is 0 Å². The molecule has 1 saturated heterocycles. The summed E-state index contributed by atoms with van der Waals surface area (Å²) in [6.07, 6.45) is 2.32. The molecule has 2 aliphatic rings. The molecule has 8 heteroatoms. The lowest BCUT2D eigenvalue weighted by molar-refractivity contribution is 0.196. The van der Waals surface area contributed by atoms with Crippen molar-refractivity contribution in [3.8, 4) is 10.4 Å². The first-order valence-electron chi connectivity index (χ1n) is 8.04. The van der Waals surface area contributed by atoms with Gasteiger partial charge in [-0.15, -0.1) is 11.3 Å². The molecule has 3 aromatic heterocycles. The molecule has 0 radical (unpaired) electrons. The molecule has 3 N–H and O–H groups in total. The first kappa shape index (κ1) is 14.3. The summed E-state index contributed by atoms with van der Waals surface area (Å²) in [7, 11) is 0. The summed E-state index contributed by atoms with van der Waals surface area (Å²) in [6, 6.07) is 1.91. The highest BCUT2D eigenvalue weighted by Gasteiger charge is 2.48. The quantitative estimate of drug-likeness (QED) is 0.666. The zero-order valence-electron chi connectivity index (χ0n) is 13.0. The van der Waals surface area contributed by atoms with Gasteiger partial charge in [0.15, 0.2) is 0 Å². The van der Waals surface area contributed by atoms with E-state index >= 15 is 0 Å². The average molecular weight is 345 g/mol. The summed E-state index contributed by atoms with van der Waals surface area (Å²) in [5.41, 5.74) is 2.43. The average Bonchev–Trinajstić information content (AvgIpc) is 3.28. The number of aryl methyl sites for hydroxylation is 1. The van der Waals surface area contributed by atoms with Crippen LogP contribution in [0.25, 0.3) is 20.7 Å². The van der Waals surface area contributed by atoms with Gasteiger partial charge in [0.05, 0.1) is 17.8 Å². The summed E-state index contributed by atoms with van der Waals surface area (Å²) in [5, 5.41) is 10.3. The molecule has 4 atom stereocenters. The van der Waals surface area contributed by atoms with Crippen LogP contribution in [0.2, 0.25) is 0 Å². The highest BCUT2D eigenvalue weighted by molar-refractivity contribution is 7.22. The Balaban J connectivity index is 1.60. The van der Waals surface area contributed by atoms with Crippen LogP contribution < -0.4 is 10.9 Å². The van der Waals surface area contributed by atoms with Gasteiger partial charge in [-0.2, -0.15) is 5.10 Å². The third-order valence-corrected chi connectivity index (χ3v) is 6.32. The number of fused-ring (bicyclic) bond motifs is 3. The number of thiophene rings is 1. The Morgan fingerprint density at radius 3 is 2.96 bits per heavy atom. The zero-order valence-corrected chi connectivity index (χ0v) is 13.8. The fourth-order valence-corrected chi connectivity index (χ4v) is 5.06. The van der Waals surface area contributed by atoms with Crippen molar-refractivity contribution in [2.45, 2.75) is 38.0 Å². The lowest BCUT2D eigenvalue weighted by Gasteiger charge is -2.24. The minimum atomic E-state index is -0.811. The molecule has 1 saturated carbocycles. The van der Waals surface area contributed by atoms with Crippen molar-refractivity contribution in [1.29, 1.82) is 0 Å². The first-order chi connectivity index (χ1) is 11.6. The van der Waals surface area contributed by atoms with E-state index in [4.69, 9.17) is 0 Å². The van der Waals surface area contributed by atoms with Crippen LogP contribution in [0.3, 0.4) is 0 Å². The topological polar surface area (TPSA) is 86.5 Å². The molecular weight excluding hydrogens is 329 g/mol. The highest BCUT2D eigenvalue weighted by Crippen LogP contribution is 2.44. The van der Waals surface area contributed by atoms with Crippen LogP contribution in [0.1, 0.15) is 30.4 Å².